The molecule has 1 fully saturated rings. The zero-order valence-electron chi connectivity index (χ0n) is 6.75. The summed E-state index contributed by atoms with van der Waals surface area (Å²) in [4.78, 5) is 2.36. The molecule has 60 valence electrons. The monoisotopic (exact) mass is 160 g/mol. The Balaban J connectivity index is 2.41. The maximum absolute atomic E-state index is 4.37. The molecule has 1 aliphatic heterocycles. The molecule has 0 unspecified atom stereocenters. The van der Waals surface area contributed by atoms with Crippen LogP contribution in [0.5, 0.6) is 0 Å². The Morgan fingerprint density at radius 2 is 2.10 bits per heavy atom. The summed E-state index contributed by atoms with van der Waals surface area (Å²) >= 11 is 4.37. The van der Waals surface area contributed by atoms with Crippen molar-refractivity contribution in [3.05, 3.63) is 0 Å². The van der Waals surface area contributed by atoms with E-state index in [-0.39, 0.29) is 0 Å². The number of likely N-dealkylation sites (N-methyl/N-ethyl adjacent to an activating group) is 1. The van der Waals surface area contributed by atoms with Gasteiger partial charge in [0.15, 0.2) is 0 Å². The fourth-order valence-electron chi connectivity index (χ4n) is 1.36. The van der Waals surface area contributed by atoms with Gasteiger partial charge in [0, 0.05) is 19.1 Å². The third-order valence-corrected chi connectivity index (χ3v) is 2.61. The molecule has 0 saturated carbocycles. The molecule has 3 heteroatoms. The van der Waals surface area contributed by atoms with Gasteiger partial charge in [0.25, 0.3) is 0 Å². The normalized spacial score (nSPS) is 32.1. The van der Waals surface area contributed by atoms with E-state index in [0.29, 0.717) is 6.04 Å². The first kappa shape index (κ1) is 8.37. The van der Waals surface area contributed by atoms with Gasteiger partial charge in [-0.2, -0.15) is 0 Å². The summed E-state index contributed by atoms with van der Waals surface area (Å²) < 4.78 is 2.13. The van der Waals surface area contributed by atoms with Crippen LogP contribution in [0.2, 0.25) is 0 Å². The van der Waals surface area contributed by atoms with Gasteiger partial charge in [0.05, 0.1) is 0 Å². The van der Waals surface area contributed by atoms with E-state index in [1.807, 2.05) is 0 Å². The van der Waals surface area contributed by atoms with Gasteiger partial charge in [0.2, 0.25) is 0 Å². The second-order valence-electron chi connectivity index (χ2n) is 3.13. The molecular formula is C7H16N2S. The van der Waals surface area contributed by atoms with Gasteiger partial charge in [-0.05, 0) is 26.9 Å². The molecule has 1 heterocycles. The van der Waals surface area contributed by atoms with Gasteiger partial charge in [-0.25, -0.2) is 4.31 Å². The second-order valence-corrected chi connectivity index (χ2v) is 3.64. The summed E-state index contributed by atoms with van der Waals surface area (Å²) in [6.45, 7) is 5.69. The first-order valence-electron chi connectivity index (χ1n) is 3.84. The van der Waals surface area contributed by atoms with Crippen LogP contribution < -0.4 is 0 Å². The summed E-state index contributed by atoms with van der Waals surface area (Å²) in [7, 11) is 2.17. The van der Waals surface area contributed by atoms with Crippen LogP contribution in [-0.4, -0.2) is 41.9 Å². The van der Waals surface area contributed by atoms with Crippen LogP contribution in [0.4, 0.5) is 0 Å². The van der Waals surface area contributed by atoms with Crippen molar-refractivity contribution < 1.29 is 0 Å². The Bertz CT molecular complexity index is 108. The quantitative estimate of drug-likeness (QED) is 0.525. The molecule has 0 aliphatic carbocycles. The van der Waals surface area contributed by atoms with Crippen LogP contribution >= 0.6 is 12.8 Å². The molecule has 0 amide bonds. The summed E-state index contributed by atoms with van der Waals surface area (Å²) in [5.41, 5.74) is 0. The minimum absolute atomic E-state index is 0.593. The van der Waals surface area contributed by atoms with Crippen LogP contribution in [0, 0.1) is 0 Å². The number of nitrogens with zero attached hydrogens (tertiary/aromatic N) is 2. The topological polar surface area (TPSA) is 6.48 Å². The molecule has 0 aromatic carbocycles. The van der Waals surface area contributed by atoms with E-state index in [2.05, 4.69) is 36.0 Å². The number of rotatable bonds is 0. The van der Waals surface area contributed by atoms with E-state index in [9.17, 15) is 0 Å². The summed E-state index contributed by atoms with van der Waals surface area (Å²) in [5, 5.41) is 0. The standard InChI is InChI=1S/C7H16N2S/c1-7-6-8(2)4-3-5-9(7)10/h7,10H,3-6H2,1-2H3/t7-/m0/s1. The Morgan fingerprint density at radius 3 is 2.80 bits per heavy atom. The maximum atomic E-state index is 4.37. The highest BCUT2D eigenvalue weighted by molar-refractivity contribution is 7.77. The number of hydrogen-bond donors (Lipinski definition) is 1. The lowest BCUT2D eigenvalue weighted by Crippen LogP contribution is -2.31. The van der Waals surface area contributed by atoms with E-state index in [1.54, 1.807) is 0 Å². The fraction of sp³-hybridized carbons (Fsp3) is 1.00. The summed E-state index contributed by atoms with van der Waals surface area (Å²) in [6, 6.07) is 0.593. The highest BCUT2D eigenvalue weighted by Crippen LogP contribution is 2.09. The van der Waals surface area contributed by atoms with Crippen LogP contribution in [0.1, 0.15) is 13.3 Å². The molecular weight excluding hydrogens is 144 g/mol. The number of thiol groups is 1. The molecule has 10 heavy (non-hydrogen) atoms. The van der Waals surface area contributed by atoms with E-state index in [0.717, 1.165) is 13.1 Å². The Morgan fingerprint density at radius 1 is 1.40 bits per heavy atom. The summed E-state index contributed by atoms with van der Waals surface area (Å²) in [5.74, 6) is 0. The van der Waals surface area contributed by atoms with Crippen molar-refractivity contribution in [1.29, 1.82) is 0 Å². The van der Waals surface area contributed by atoms with Crippen LogP contribution in [-0.2, 0) is 0 Å². The zero-order valence-corrected chi connectivity index (χ0v) is 7.64. The molecule has 2 nitrogen and oxygen atoms in total. The molecule has 1 atom stereocenters. The first-order valence-corrected chi connectivity index (χ1v) is 4.24. The smallest absolute Gasteiger partial charge is 0.0299 e. The lowest BCUT2D eigenvalue weighted by Gasteiger charge is -2.21. The third-order valence-electron chi connectivity index (χ3n) is 2.01. The highest BCUT2D eigenvalue weighted by atomic mass is 32.1. The van der Waals surface area contributed by atoms with Gasteiger partial charge in [0.1, 0.15) is 0 Å². The largest absolute Gasteiger partial charge is 0.305 e. The molecule has 0 aromatic heterocycles. The highest BCUT2D eigenvalue weighted by Gasteiger charge is 2.15. The van der Waals surface area contributed by atoms with Crippen molar-refractivity contribution in [3.8, 4) is 0 Å². The second kappa shape index (κ2) is 3.60. The predicted molar refractivity (Wildman–Crippen MR) is 47.3 cm³/mol. The molecule has 0 bridgehead atoms. The first-order chi connectivity index (χ1) is 4.70. The zero-order chi connectivity index (χ0) is 7.56. The van der Waals surface area contributed by atoms with Crippen molar-refractivity contribution in [2.75, 3.05) is 26.7 Å². The Hall–Kier alpha value is 0.270. The molecule has 1 rings (SSSR count). The van der Waals surface area contributed by atoms with Gasteiger partial charge in [-0.3, -0.25) is 0 Å². The Labute approximate surface area is 68.7 Å². The molecule has 0 aromatic rings. The maximum Gasteiger partial charge on any atom is 0.0299 e. The Kier molecular flexibility index (Phi) is 3.01. The van der Waals surface area contributed by atoms with E-state index in [4.69, 9.17) is 0 Å². The molecule has 0 N–H and O–H groups in total. The van der Waals surface area contributed by atoms with Gasteiger partial charge >= 0.3 is 0 Å². The molecule has 0 radical (unpaired) electrons. The van der Waals surface area contributed by atoms with Crippen molar-refractivity contribution in [2.45, 2.75) is 19.4 Å². The average Bonchev–Trinajstić information content (AvgIpc) is 1.96. The van der Waals surface area contributed by atoms with Crippen LogP contribution in [0.15, 0.2) is 0 Å². The lowest BCUT2D eigenvalue weighted by molar-refractivity contribution is 0.304. The molecule has 0 spiro atoms. The molecule has 1 saturated heterocycles. The number of hydrogen-bond acceptors (Lipinski definition) is 3. The van der Waals surface area contributed by atoms with Crippen molar-refractivity contribution >= 4 is 12.8 Å². The average molecular weight is 160 g/mol. The van der Waals surface area contributed by atoms with E-state index < -0.39 is 0 Å². The van der Waals surface area contributed by atoms with Gasteiger partial charge in [-0.1, -0.05) is 12.8 Å². The minimum atomic E-state index is 0.593. The summed E-state index contributed by atoms with van der Waals surface area (Å²) in [6.07, 6.45) is 1.24. The molecule has 1 aliphatic rings. The fourth-order valence-corrected chi connectivity index (χ4v) is 1.57. The van der Waals surface area contributed by atoms with Crippen LogP contribution in [0.25, 0.3) is 0 Å². The van der Waals surface area contributed by atoms with Gasteiger partial charge in [-0.15, -0.1) is 0 Å². The predicted octanol–water partition coefficient (Wildman–Crippen LogP) is 0.857. The van der Waals surface area contributed by atoms with Crippen molar-refractivity contribution in [2.24, 2.45) is 0 Å². The van der Waals surface area contributed by atoms with E-state index >= 15 is 0 Å². The van der Waals surface area contributed by atoms with Gasteiger partial charge < -0.3 is 4.90 Å². The minimum Gasteiger partial charge on any atom is -0.305 e. The SMILES string of the molecule is C[C@H]1CN(C)CCCN1S. The van der Waals surface area contributed by atoms with E-state index in [1.165, 1.54) is 13.0 Å². The van der Waals surface area contributed by atoms with Crippen molar-refractivity contribution in [3.63, 3.8) is 0 Å². The third kappa shape index (κ3) is 2.15. The van der Waals surface area contributed by atoms with Crippen LogP contribution in [0.3, 0.4) is 0 Å². The lowest BCUT2D eigenvalue weighted by atomic mass is 10.3. The van der Waals surface area contributed by atoms with Crippen molar-refractivity contribution in [1.82, 2.24) is 9.21 Å².